The molecule has 3 aromatic rings. The molecular formula is C20H17NO4. The van der Waals surface area contributed by atoms with Crippen molar-refractivity contribution in [1.29, 1.82) is 0 Å². The van der Waals surface area contributed by atoms with E-state index in [4.69, 9.17) is 9.15 Å². The van der Waals surface area contributed by atoms with Crippen molar-refractivity contribution in [1.82, 2.24) is 4.90 Å². The number of rotatable bonds is 2. The SMILES string of the molecule is COc1cccc([C@@H]2c3c(oc4ccc(C)cc4c3=O)C(=O)N2C)c1. The summed E-state index contributed by atoms with van der Waals surface area (Å²) in [5.41, 5.74) is 2.44. The van der Waals surface area contributed by atoms with E-state index in [-0.39, 0.29) is 17.1 Å². The number of aryl methyl sites for hydroxylation is 1. The number of nitrogens with zero attached hydrogens (tertiary/aromatic N) is 1. The number of carbonyl (C=O) groups is 1. The lowest BCUT2D eigenvalue weighted by atomic mass is 9.98. The van der Waals surface area contributed by atoms with E-state index in [0.717, 1.165) is 11.1 Å². The van der Waals surface area contributed by atoms with Crippen LogP contribution in [0.3, 0.4) is 0 Å². The number of fused-ring (bicyclic) bond motifs is 2. The van der Waals surface area contributed by atoms with Gasteiger partial charge in [-0.25, -0.2) is 0 Å². The molecular weight excluding hydrogens is 318 g/mol. The molecule has 1 amide bonds. The van der Waals surface area contributed by atoms with Gasteiger partial charge in [0.1, 0.15) is 11.3 Å². The standard InChI is InChI=1S/C20H17NO4/c1-11-7-8-15-14(9-11)18(22)16-17(21(2)20(23)19(16)25-15)12-5-4-6-13(10-12)24-3/h4-10,17H,1-3H3/t17-/m1/s1. The Labute approximate surface area is 144 Å². The first-order valence-electron chi connectivity index (χ1n) is 7.99. The summed E-state index contributed by atoms with van der Waals surface area (Å²) in [6.07, 6.45) is 0. The highest BCUT2D eigenvalue weighted by molar-refractivity contribution is 5.98. The van der Waals surface area contributed by atoms with E-state index in [1.54, 1.807) is 26.3 Å². The fourth-order valence-corrected chi connectivity index (χ4v) is 3.40. The van der Waals surface area contributed by atoms with E-state index in [2.05, 4.69) is 0 Å². The Morgan fingerprint density at radius 1 is 1.12 bits per heavy atom. The van der Waals surface area contributed by atoms with E-state index >= 15 is 0 Å². The third kappa shape index (κ3) is 2.23. The smallest absolute Gasteiger partial charge is 0.290 e. The Hall–Kier alpha value is -3.08. The maximum atomic E-state index is 13.1. The third-order valence-electron chi connectivity index (χ3n) is 4.67. The van der Waals surface area contributed by atoms with Crippen LogP contribution < -0.4 is 10.2 Å². The van der Waals surface area contributed by atoms with Crippen molar-refractivity contribution in [2.24, 2.45) is 0 Å². The molecule has 1 aromatic heterocycles. The number of benzene rings is 2. The fraction of sp³-hybridized carbons (Fsp3) is 0.200. The highest BCUT2D eigenvalue weighted by atomic mass is 16.5. The van der Waals surface area contributed by atoms with Gasteiger partial charge in [0.25, 0.3) is 5.91 Å². The van der Waals surface area contributed by atoms with Crippen molar-refractivity contribution in [3.63, 3.8) is 0 Å². The first kappa shape index (κ1) is 15.4. The van der Waals surface area contributed by atoms with Crippen LogP contribution in [-0.4, -0.2) is 25.0 Å². The molecule has 0 aliphatic carbocycles. The lowest BCUT2D eigenvalue weighted by Crippen LogP contribution is -2.25. The Balaban J connectivity index is 2.01. The lowest BCUT2D eigenvalue weighted by Gasteiger charge is -2.20. The van der Waals surface area contributed by atoms with Gasteiger partial charge in [-0.2, -0.15) is 0 Å². The van der Waals surface area contributed by atoms with Gasteiger partial charge in [0.15, 0.2) is 5.43 Å². The largest absolute Gasteiger partial charge is 0.497 e. The van der Waals surface area contributed by atoms with Crippen molar-refractivity contribution in [3.05, 3.63) is 75.1 Å². The monoisotopic (exact) mass is 335 g/mol. The molecule has 0 unspecified atom stereocenters. The Morgan fingerprint density at radius 3 is 2.68 bits per heavy atom. The average molecular weight is 335 g/mol. The van der Waals surface area contributed by atoms with Gasteiger partial charge in [-0.15, -0.1) is 0 Å². The zero-order valence-electron chi connectivity index (χ0n) is 14.2. The summed E-state index contributed by atoms with van der Waals surface area (Å²) in [7, 11) is 3.26. The third-order valence-corrected chi connectivity index (χ3v) is 4.67. The number of hydrogen-bond donors (Lipinski definition) is 0. The highest BCUT2D eigenvalue weighted by Crippen LogP contribution is 2.37. The molecule has 0 spiro atoms. The Morgan fingerprint density at radius 2 is 1.92 bits per heavy atom. The van der Waals surface area contributed by atoms with Crippen molar-refractivity contribution in [2.45, 2.75) is 13.0 Å². The van der Waals surface area contributed by atoms with Crippen LogP contribution in [0, 0.1) is 6.92 Å². The first-order chi connectivity index (χ1) is 12.0. The van der Waals surface area contributed by atoms with Gasteiger partial charge in [-0.05, 0) is 36.8 Å². The zero-order valence-corrected chi connectivity index (χ0v) is 14.2. The van der Waals surface area contributed by atoms with Gasteiger partial charge >= 0.3 is 0 Å². The summed E-state index contributed by atoms with van der Waals surface area (Å²) in [6.45, 7) is 1.92. The molecule has 1 aliphatic heterocycles. The summed E-state index contributed by atoms with van der Waals surface area (Å²) in [5, 5.41) is 0.495. The number of ether oxygens (including phenoxy) is 1. The van der Waals surface area contributed by atoms with E-state index in [9.17, 15) is 9.59 Å². The van der Waals surface area contributed by atoms with E-state index in [1.807, 2.05) is 37.3 Å². The molecule has 0 bridgehead atoms. The normalized spacial score (nSPS) is 16.4. The molecule has 2 heterocycles. The molecule has 25 heavy (non-hydrogen) atoms. The minimum absolute atomic E-state index is 0.122. The number of hydrogen-bond acceptors (Lipinski definition) is 4. The molecule has 0 saturated carbocycles. The molecule has 0 N–H and O–H groups in total. The number of amides is 1. The minimum atomic E-state index is -0.487. The maximum absolute atomic E-state index is 13.1. The highest BCUT2D eigenvalue weighted by Gasteiger charge is 2.40. The van der Waals surface area contributed by atoms with Crippen LogP contribution in [0.4, 0.5) is 0 Å². The summed E-state index contributed by atoms with van der Waals surface area (Å²) in [4.78, 5) is 27.3. The predicted molar refractivity (Wildman–Crippen MR) is 94.2 cm³/mol. The van der Waals surface area contributed by atoms with Gasteiger partial charge < -0.3 is 14.1 Å². The van der Waals surface area contributed by atoms with Crippen molar-refractivity contribution in [2.75, 3.05) is 14.2 Å². The summed E-state index contributed by atoms with van der Waals surface area (Å²) < 4.78 is 11.1. The molecule has 5 nitrogen and oxygen atoms in total. The predicted octanol–water partition coefficient (Wildman–Crippen LogP) is 3.29. The van der Waals surface area contributed by atoms with Crippen LogP contribution in [0.2, 0.25) is 0 Å². The van der Waals surface area contributed by atoms with Crippen LogP contribution in [0.25, 0.3) is 11.0 Å². The molecule has 126 valence electrons. The number of carbonyl (C=O) groups excluding carboxylic acids is 1. The van der Waals surface area contributed by atoms with Crippen molar-refractivity contribution >= 4 is 16.9 Å². The van der Waals surface area contributed by atoms with Gasteiger partial charge in [0.05, 0.1) is 24.1 Å². The van der Waals surface area contributed by atoms with Crippen LogP contribution in [0.15, 0.2) is 51.7 Å². The average Bonchev–Trinajstić information content (AvgIpc) is 2.87. The quantitative estimate of drug-likeness (QED) is 0.721. The van der Waals surface area contributed by atoms with E-state index in [0.29, 0.717) is 22.3 Å². The summed E-state index contributed by atoms with van der Waals surface area (Å²) in [5.74, 6) is 0.506. The van der Waals surface area contributed by atoms with Gasteiger partial charge in [0, 0.05) is 7.05 Å². The van der Waals surface area contributed by atoms with Crippen LogP contribution in [-0.2, 0) is 0 Å². The molecule has 1 atom stereocenters. The molecule has 2 aromatic carbocycles. The zero-order chi connectivity index (χ0) is 17.7. The lowest BCUT2D eigenvalue weighted by molar-refractivity contribution is 0.0771. The first-order valence-corrected chi connectivity index (χ1v) is 7.99. The summed E-state index contributed by atoms with van der Waals surface area (Å²) in [6, 6.07) is 12.3. The van der Waals surface area contributed by atoms with Crippen LogP contribution in [0.1, 0.15) is 33.3 Å². The molecule has 4 rings (SSSR count). The van der Waals surface area contributed by atoms with Crippen molar-refractivity contribution in [3.8, 4) is 5.75 Å². The molecule has 0 saturated heterocycles. The fourth-order valence-electron chi connectivity index (χ4n) is 3.40. The minimum Gasteiger partial charge on any atom is -0.497 e. The maximum Gasteiger partial charge on any atom is 0.290 e. The Kier molecular flexibility index (Phi) is 3.39. The molecule has 0 radical (unpaired) electrons. The van der Waals surface area contributed by atoms with Crippen molar-refractivity contribution < 1.29 is 13.9 Å². The Bertz CT molecular complexity index is 1070. The van der Waals surface area contributed by atoms with E-state index in [1.165, 1.54) is 4.90 Å². The topological polar surface area (TPSA) is 59.8 Å². The second kappa shape index (κ2) is 5.48. The van der Waals surface area contributed by atoms with Crippen LogP contribution in [0.5, 0.6) is 5.75 Å². The molecule has 0 fully saturated rings. The van der Waals surface area contributed by atoms with Crippen LogP contribution >= 0.6 is 0 Å². The summed E-state index contributed by atoms with van der Waals surface area (Å²) >= 11 is 0. The molecule has 5 heteroatoms. The van der Waals surface area contributed by atoms with Gasteiger partial charge in [0.2, 0.25) is 5.76 Å². The second-order valence-corrected chi connectivity index (χ2v) is 6.27. The second-order valence-electron chi connectivity index (χ2n) is 6.27. The molecule has 1 aliphatic rings. The van der Waals surface area contributed by atoms with E-state index < -0.39 is 6.04 Å². The van der Waals surface area contributed by atoms with Gasteiger partial charge in [-0.1, -0.05) is 23.8 Å². The number of methoxy groups -OCH3 is 1. The van der Waals surface area contributed by atoms with Gasteiger partial charge in [-0.3, -0.25) is 9.59 Å².